The summed E-state index contributed by atoms with van der Waals surface area (Å²) in [6.45, 7) is 0. The van der Waals surface area contributed by atoms with Gasteiger partial charge in [0.2, 0.25) is 0 Å². The van der Waals surface area contributed by atoms with Gasteiger partial charge in [0, 0.05) is 60.9 Å². The van der Waals surface area contributed by atoms with Crippen molar-refractivity contribution in [3.05, 3.63) is 229 Å². The van der Waals surface area contributed by atoms with E-state index in [4.69, 9.17) is 19.4 Å². The maximum atomic E-state index is 6.87. The van der Waals surface area contributed by atoms with Gasteiger partial charge in [0.25, 0.3) is 0 Å². The van der Waals surface area contributed by atoms with E-state index in [1.807, 2.05) is 11.8 Å². The second-order valence-corrected chi connectivity index (χ2v) is 18.9. The summed E-state index contributed by atoms with van der Waals surface area (Å²) < 4.78 is 6.87. The minimum atomic E-state index is 0.150. The third kappa shape index (κ3) is 5.97. The van der Waals surface area contributed by atoms with Crippen molar-refractivity contribution in [1.29, 1.82) is 0 Å². The Balaban J connectivity index is 0.963. The first-order chi connectivity index (χ1) is 32.7. The molecule has 0 saturated carbocycles. The molecule has 0 fully saturated rings. The zero-order chi connectivity index (χ0) is 43.3. The van der Waals surface area contributed by atoms with E-state index in [0.29, 0.717) is 29.3 Å². The Bertz CT molecular complexity index is 3900. The number of hydrogen-bond acceptors (Lipinski definition) is 5. The lowest BCUT2D eigenvalue weighted by Gasteiger charge is -2.23. The lowest BCUT2D eigenvalue weighted by molar-refractivity contribution is 0.659. The van der Waals surface area contributed by atoms with Gasteiger partial charge in [0.05, 0.1) is 0 Å². The quantitative estimate of drug-likeness (QED) is 0.161. The van der Waals surface area contributed by atoms with Gasteiger partial charge in [-0.2, -0.15) is 0 Å². The molecular formula is C61H39N3OS. The Morgan fingerprint density at radius 3 is 2.14 bits per heavy atom. The van der Waals surface area contributed by atoms with Crippen LogP contribution in [0.5, 0.6) is 0 Å². The number of thioether (sulfide) groups is 1. The Morgan fingerprint density at radius 1 is 0.485 bits per heavy atom. The van der Waals surface area contributed by atoms with Crippen molar-refractivity contribution in [2.75, 3.05) is 0 Å². The molecule has 2 aromatic heterocycles. The van der Waals surface area contributed by atoms with E-state index < -0.39 is 0 Å². The normalized spacial score (nSPS) is 19.4. The summed E-state index contributed by atoms with van der Waals surface area (Å²) in [5, 5.41) is 9.38. The number of furan rings is 1. The van der Waals surface area contributed by atoms with Gasteiger partial charge in [-0.25, -0.2) is 15.0 Å². The van der Waals surface area contributed by atoms with E-state index in [1.165, 1.54) is 37.6 Å². The molecule has 0 amide bonds. The molecule has 0 bridgehead atoms. The Hall–Kier alpha value is -7.86. The van der Waals surface area contributed by atoms with Gasteiger partial charge in [-0.1, -0.05) is 182 Å². The SMILES string of the molecule is C1=CC2C=CC(c3cccc4c3oc3cccc(-c5cc(-c6nc(C7=CC=CC8c9ccccc9SC78)nc(-c7ccc8ccc9ccccc9c8c7)n6)cc6ccccc56)c34)=CC2C=C1. The predicted octanol–water partition coefficient (Wildman–Crippen LogP) is 15.8. The van der Waals surface area contributed by atoms with Crippen LogP contribution in [0.3, 0.4) is 0 Å². The Labute approximate surface area is 385 Å². The molecule has 4 unspecified atom stereocenters. The summed E-state index contributed by atoms with van der Waals surface area (Å²) in [4.78, 5) is 17.5. The van der Waals surface area contributed by atoms with Gasteiger partial charge >= 0.3 is 0 Å². The average Bonchev–Trinajstić information content (AvgIpc) is 3.97. The summed E-state index contributed by atoms with van der Waals surface area (Å²) in [6.07, 6.45) is 22.5. The van der Waals surface area contributed by atoms with Crippen molar-refractivity contribution in [2.24, 2.45) is 11.8 Å². The van der Waals surface area contributed by atoms with E-state index in [0.717, 1.165) is 66.1 Å². The molecule has 10 aromatic rings. The highest BCUT2D eigenvalue weighted by molar-refractivity contribution is 8.00. The van der Waals surface area contributed by atoms with Crippen LogP contribution in [0.15, 0.2) is 222 Å². The van der Waals surface area contributed by atoms with Gasteiger partial charge in [-0.3, -0.25) is 0 Å². The van der Waals surface area contributed by atoms with Gasteiger partial charge < -0.3 is 4.42 Å². The zero-order valence-corrected chi connectivity index (χ0v) is 36.5. The smallest absolute Gasteiger partial charge is 0.164 e. The van der Waals surface area contributed by atoms with Crippen LogP contribution >= 0.6 is 11.8 Å². The molecule has 5 heteroatoms. The number of hydrogen-bond donors (Lipinski definition) is 0. The molecule has 0 spiro atoms. The molecule has 0 N–H and O–H groups in total. The first kappa shape index (κ1) is 37.5. The van der Waals surface area contributed by atoms with E-state index in [2.05, 4.69) is 212 Å². The van der Waals surface area contributed by atoms with Gasteiger partial charge in [0.15, 0.2) is 17.5 Å². The van der Waals surface area contributed by atoms with Gasteiger partial charge in [0.1, 0.15) is 11.2 Å². The summed E-state index contributed by atoms with van der Waals surface area (Å²) >= 11 is 1.91. The average molecular weight is 862 g/mol. The third-order valence-electron chi connectivity index (χ3n) is 14.0. The highest BCUT2D eigenvalue weighted by Gasteiger charge is 2.37. The van der Waals surface area contributed by atoms with E-state index >= 15 is 0 Å². The van der Waals surface area contributed by atoms with E-state index in [9.17, 15) is 0 Å². The van der Waals surface area contributed by atoms with Crippen molar-refractivity contribution >= 4 is 77.2 Å². The second-order valence-electron chi connectivity index (χ2n) is 17.8. The maximum absolute atomic E-state index is 6.87. The molecule has 8 aromatic carbocycles. The molecule has 1 aliphatic heterocycles. The molecule has 0 radical (unpaired) electrons. The molecule has 14 rings (SSSR count). The lowest BCUT2D eigenvalue weighted by Crippen LogP contribution is -2.16. The zero-order valence-electron chi connectivity index (χ0n) is 35.7. The standard InChI is InChI=1S/C61H39N3OS/c1-2-14-39-32-41(30-26-36(39)12-1)46-19-9-22-50-56-48(20-11-24-54(56)65-57(46)50)53-35-43(33-40-15-4-6-17-45(40)53)60-62-59(42-31-29-38-28-27-37-13-3-5-16-44(37)52(38)34-42)63-61(64-60)51-23-10-21-49-47-18-7-8-25-55(47)66-58(49)51/h1-36,39,49,58H. The fourth-order valence-electron chi connectivity index (χ4n) is 10.8. The van der Waals surface area contributed by atoms with Crippen LogP contribution in [0.25, 0.3) is 99.3 Å². The number of para-hydroxylation sites is 1. The van der Waals surface area contributed by atoms with E-state index in [1.54, 1.807) is 0 Å². The van der Waals surface area contributed by atoms with Crippen LogP contribution in [0.4, 0.5) is 0 Å². The predicted molar refractivity (Wildman–Crippen MR) is 274 cm³/mol. The number of allylic oxidation sites excluding steroid dienone is 11. The topological polar surface area (TPSA) is 51.8 Å². The Morgan fingerprint density at radius 2 is 1.21 bits per heavy atom. The van der Waals surface area contributed by atoms with Crippen LogP contribution in [-0.4, -0.2) is 20.2 Å². The van der Waals surface area contributed by atoms with Crippen LogP contribution in [0.1, 0.15) is 22.9 Å². The van der Waals surface area contributed by atoms with Crippen molar-refractivity contribution in [2.45, 2.75) is 16.1 Å². The summed E-state index contributed by atoms with van der Waals surface area (Å²) in [7, 11) is 0. The minimum Gasteiger partial charge on any atom is -0.455 e. The Kier molecular flexibility index (Phi) is 8.44. The first-order valence-corrected chi connectivity index (χ1v) is 23.6. The van der Waals surface area contributed by atoms with Gasteiger partial charge in [-0.15, -0.1) is 11.8 Å². The van der Waals surface area contributed by atoms with Crippen LogP contribution < -0.4 is 0 Å². The molecule has 4 aliphatic rings. The molecule has 3 aliphatic carbocycles. The van der Waals surface area contributed by atoms with Crippen LogP contribution in [0.2, 0.25) is 0 Å². The molecule has 4 nitrogen and oxygen atoms in total. The molecule has 4 atom stereocenters. The van der Waals surface area contributed by atoms with Gasteiger partial charge in [-0.05, 0) is 84.9 Å². The summed E-state index contributed by atoms with van der Waals surface area (Å²) in [5.74, 6) is 2.95. The van der Waals surface area contributed by atoms with Crippen molar-refractivity contribution in [3.63, 3.8) is 0 Å². The third-order valence-corrected chi connectivity index (χ3v) is 15.4. The molecular weight excluding hydrogens is 823 g/mol. The van der Waals surface area contributed by atoms with Crippen LogP contribution in [0, 0.1) is 11.8 Å². The molecule has 0 saturated heterocycles. The van der Waals surface area contributed by atoms with Crippen molar-refractivity contribution in [3.8, 4) is 33.9 Å². The van der Waals surface area contributed by atoms with Crippen molar-refractivity contribution in [1.82, 2.24) is 15.0 Å². The number of rotatable bonds is 5. The molecule has 3 heterocycles. The largest absolute Gasteiger partial charge is 0.455 e. The second kappa shape index (κ2) is 14.8. The highest BCUT2D eigenvalue weighted by atomic mass is 32.2. The summed E-state index contributed by atoms with van der Waals surface area (Å²) in [6, 6.07) is 54.5. The monoisotopic (exact) mass is 861 g/mol. The number of nitrogens with zero attached hydrogens (tertiary/aromatic N) is 3. The highest BCUT2D eigenvalue weighted by Crippen LogP contribution is 2.52. The van der Waals surface area contributed by atoms with Crippen molar-refractivity contribution < 1.29 is 4.42 Å². The number of aromatic nitrogens is 3. The number of benzene rings is 8. The fraction of sp³-hybridized carbons (Fsp3) is 0.0656. The summed E-state index contributed by atoms with van der Waals surface area (Å²) in [5.41, 5.74) is 10.6. The minimum absolute atomic E-state index is 0.150. The number of fused-ring (bicyclic) bond motifs is 11. The lowest BCUT2D eigenvalue weighted by atomic mass is 9.81. The molecule has 310 valence electrons. The van der Waals surface area contributed by atoms with Crippen LogP contribution in [-0.2, 0) is 0 Å². The molecule has 66 heavy (non-hydrogen) atoms. The fourth-order valence-corrected chi connectivity index (χ4v) is 12.3. The van der Waals surface area contributed by atoms with E-state index in [-0.39, 0.29) is 11.2 Å². The maximum Gasteiger partial charge on any atom is 0.164 e. The first-order valence-electron chi connectivity index (χ1n) is 22.7.